The summed E-state index contributed by atoms with van der Waals surface area (Å²) in [5.41, 5.74) is 0.878. The maximum absolute atomic E-state index is 11.2. The largest absolute Gasteiger partial charge is 0.366 e. The predicted molar refractivity (Wildman–Crippen MR) is 95.1 cm³/mol. The molecule has 0 bridgehead atoms. The first kappa shape index (κ1) is 15.8. The quantitative estimate of drug-likeness (QED) is 0.859. The molecule has 2 aromatic rings. The van der Waals surface area contributed by atoms with Gasteiger partial charge in [-0.15, -0.1) is 6.58 Å². The van der Waals surface area contributed by atoms with Crippen LogP contribution in [0.15, 0.2) is 72.5 Å². The third-order valence-electron chi connectivity index (χ3n) is 3.75. The molecule has 1 atom stereocenters. The lowest BCUT2D eigenvalue weighted by molar-refractivity contribution is -0.0423. The van der Waals surface area contributed by atoms with Gasteiger partial charge >= 0.3 is 0 Å². The molecule has 0 aliphatic carbocycles. The first-order valence-corrected chi connectivity index (χ1v) is 8.45. The van der Waals surface area contributed by atoms with Gasteiger partial charge in [0.1, 0.15) is 0 Å². The molecular weight excluding hydrogens is 306 g/mol. The minimum absolute atomic E-state index is 0.546. The van der Waals surface area contributed by atoms with Crippen LogP contribution in [0.25, 0.3) is 0 Å². The summed E-state index contributed by atoms with van der Waals surface area (Å²) < 4.78 is 0. The smallest absolute Gasteiger partial charge is 0.175 e. The number of pyridine rings is 1. The van der Waals surface area contributed by atoms with Gasteiger partial charge in [0.2, 0.25) is 0 Å². The van der Waals surface area contributed by atoms with E-state index in [1.807, 2.05) is 53.6 Å². The van der Waals surface area contributed by atoms with E-state index in [4.69, 9.17) is 0 Å². The number of aliphatic imine (C=N–C) groups is 1. The SMILES string of the molecule is C=CCN1C(=NCc2cccnc2)SCC1(O)c1ccccc1. The molecule has 1 unspecified atom stereocenters. The van der Waals surface area contributed by atoms with E-state index in [1.165, 1.54) is 0 Å². The third kappa shape index (κ3) is 3.30. The number of rotatable bonds is 5. The summed E-state index contributed by atoms with van der Waals surface area (Å²) in [4.78, 5) is 10.7. The zero-order chi connectivity index (χ0) is 16.1. The molecule has 0 radical (unpaired) electrons. The number of nitrogens with zero attached hydrogens (tertiary/aromatic N) is 3. The Morgan fingerprint density at radius 2 is 2.13 bits per heavy atom. The summed E-state index contributed by atoms with van der Waals surface area (Å²) in [7, 11) is 0. The molecule has 1 saturated heterocycles. The van der Waals surface area contributed by atoms with Gasteiger partial charge in [0.25, 0.3) is 0 Å². The molecule has 4 nitrogen and oxygen atoms in total. The first-order chi connectivity index (χ1) is 11.2. The average Bonchev–Trinajstić information content (AvgIpc) is 2.93. The summed E-state index contributed by atoms with van der Waals surface area (Å²) in [6.45, 7) is 4.91. The van der Waals surface area contributed by atoms with E-state index in [1.54, 1.807) is 24.0 Å². The van der Waals surface area contributed by atoms with Crippen LogP contribution in [0.2, 0.25) is 0 Å². The zero-order valence-electron chi connectivity index (χ0n) is 12.8. The lowest BCUT2D eigenvalue weighted by atomic mass is 10.0. The number of thioether (sulfide) groups is 1. The second-order valence-corrected chi connectivity index (χ2v) is 6.27. The van der Waals surface area contributed by atoms with Crippen molar-refractivity contribution in [3.63, 3.8) is 0 Å². The zero-order valence-corrected chi connectivity index (χ0v) is 13.6. The van der Waals surface area contributed by atoms with Crippen LogP contribution in [0.5, 0.6) is 0 Å². The molecule has 5 heteroatoms. The molecule has 2 heterocycles. The number of aliphatic hydroxyl groups is 1. The van der Waals surface area contributed by atoms with E-state index in [0.29, 0.717) is 18.8 Å². The van der Waals surface area contributed by atoms with Crippen molar-refractivity contribution in [2.75, 3.05) is 12.3 Å². The molecular formula is C18H19N3OS. The van der Waals surface area contributed by atoms with E-state index < -0.39 is 5.72 Å². The van der Waals surface area contributed by atoms with Gasteiger partial charge in [-0.25, -0.2) is 0 Å². The van der Waals surface area contributed by atoms with Crippen molar-refractivity contribution in [1.29, 1.82) is 0 Å². The van der Waals surface area contributed by atoms with Crippen LogP contribution >= 0.6 is 11.8 Å². The lowest BCUT2D eigenvalue weighted by Crippen LogP contribution is -2.45. The number of hydrogen-bond acceptors (Lipinski definition) is 4. The minimum Gasteiger partial charge on any atom is -0.366 e. The number of hydrogen-bond donors (Lipinski definition) is 1. The molecule has 1 fully saturated rings. The molecule has 1 aliphatic rings. The summed E-state index contributed by atoms with van der Waals surface area (Å²) >= 11 is 1.57. The Kier molecular flexibility index (Phi) is 4.79. The van der Waals surface area contributed by atoms with Crippen LogP contribution in [0.1, 0.15) is 11.1 Å². The van der Waals surface area contributed by atoms with Gasteiger partial charge in [0.05, 0.1) is 12.3 Å². The van der Waals surface area contributed by atoms with Crippen molar-refractivity contribution in [3.8, 4) is 0 Å². The van der Waals surface area contributed by atoms with Crippen LogP contribution in [0.3, 0.4) is 0 Å². The molecule has 118 valence electrons. The summed E-state index contributed by atoms with van der Waals surface area (Å²) in [6, 6.07) is 13.6. The summed E-state index contributed by atoms with van der Waals surface area (Å²) in [5, 5.41) is 12.0. The van der Waals surface area contributed by atoms with Crippen molar-refractivity contribution in [2.24, 2.45) is 4.99 Å². The molecule has 1 aromatic carbocycles. The Labute approximate surface area is 140 Å². The second kappa shape index (κ2) is 6.98. The molecule has 1 aromatic heterocycles. The van der Waals surface area contributed by atoms with Gasteiger partial charge in [-0.05, 0) is 11.6 Å². The van der Waals surface area contributed by atoms with E-state index in [9.17, 15) is 5.11 Å². The number of aromatic nitrogens is 1. The highest BCUT2D eigenvalue weighted by Gasteiger charge is 2.43. The fourth-order valence-electron chi connectivity index (χ4n) is 2.56. The Balaban J connectivity index is 1.86. The summed E-state index contributed by atoms with van der Waals surface area (Å²) in [5.74, 6) is 0.552. The Hall–Kier alpha value is -2.11. The first-order valence-electron chi connectivity index (χ1n) is 7.46. The number of benzene rings is 1. The van der Waals surface area contributed by atoms with E-state index in [-0.39, 0.29) is 0 Å². The van der Waals surface area contributed by atoms with Gasteiger partial charge < -0.3 is 10.0 Å². The Bertz CT molecular complexity index is 690. The highest BCUT2D eigenvalue weighted by atomic mass is 32.2. The van der Waals surface area contributed by atoms with Gasteiger partial charge in [-0.2, -0.15) is 0 Å². The molecule has 1 aliphatic heterocycles. The Morgan fingerprint density at radius 3 is 2.83 bits per heavy atom. The van der Waals surface area contributed by atoms with Crippen LogP contribution in [0, 0.1) is 0 Å². The molecule has 1 N–H and O–H groups in total. The molecule has 3 rings (SSSR count). The highest BCUT2D eigenvalue weighted by molar-refractivity contribution is 8.14. The van der Waals surface area contributed by atoms with Crippen LogP contribution in [0.4, 0.5) is 0 Å². The predicted octanol–water partition coefficient (Wildman–Crippen LogP) is 3.02. The minimum atomic E-state index is -1.05. The number of amidine groups is 1. The maximum Gasteiger partial charge on any atom is 0.175 e. The fourth-order valence-corrected chi connectivity index (χ4v) is 3.75. The second-order valence-electron chi connectivity index (χ2n) is 5.33. The van der Waals surface area contributed by atoms with Crippen molar-refractivity contribution >= 4 is 16.9 Å². The summed E-state index contributed by atoms with van der Waals surface area (Å²) in [6.07, 6.45) is 5.35. The lowest BCUT2D eigenvalue weighted by Gasteiger charge is -2.33. The van der Waals surface area contributed by atoms with Crippen molar-refractivity contribution in [1.82, 2.24) is 9.88 Å². The van der Waals surface area contributed by atoms with Crippen LogP contribution < -0.4 is 0 Å². The van der Waals surface area contributed by atoms with E-state index in [2.05, 4.69) is 16.6 Å². The third-order valence-corrected chi connectivity index (χ3v) is 4.90. The van der Waals surface area contributed by atoms with Crippen LogP contribution in [-0.4, -0.2) is 32.5 Å². The van der Waals surface area contributed by atoms with E-state index in [0.717, 1.165) is 16.3 Å². The highest BCUT2D eigenvalue weighted by Crippen LogP contribution is 2.38. The van der Waals surface area contributed by atoms with Gasteiger partial charge in [0.15, 0.2) is 10.9 Å². The fraction of sp³-hybridized carbons (Fsp3) is 0.222. The molecule has 23 heavy (non-hydrogen) atoms. The molecule has 0 amide bonds. The van der Waals surface area contributed by atoms with Crippen molar-refractivity contribution in [2.45, 2.75) is 12.3 Å². The molecule has 0 saturated carbocycles. The Morgan fingerprint density at radius 1 is 1.30 bits per heavy atom. The topological polar surface area (TPSA) is 48.7 Å². The average molecular weight is 325 g/mol. The van der Waals surface area contributed by atoms with Crippen LogP contribution in [-0.2, 0) is 12.3 Å². The maximum atomic E-state index is 11.2. The van der Waals surface area contributed by atoms with Gasteiger partial charge in [-0.3, -0.25) is 9.98 Å². The van der Waals surface area contributed by atoms with E-state index >= 15 is 0 Å². The van der Waals surface area contributed by atoms with Gasteiger partial charge in [-0.1, -0.05) is 54.2 Å². The monoisotopic (exact) mass is 325 g/mol. The van der Waals surface area contributed by atoms with Gasteiger partial charge in [0, 0.05) is 24.5 Å². The standard InChI is InChI=1S/C18H19N3OS/c1-2-11-21-17(20-13-15-7-6-10-19-12-15)23-14-18(21,22)16-8-4-3-5-9-16/h2-10,12,22H,1,11,13-14H2. The van der Waals surface area contributed by atoms with Crippen molar-refractivity contribution in [3.05, 3.63) is 78.6 Å². The van der Waals surface area contributed by atoms with Crippen molar-refractivity contribution < 1.29 is 5.11 Å². The normalized spacial score (nSPS) is 22.5. The molecule has 0 spiro atoms.